The number of carbonyl (C=O) groups is 1. The molecule has 8 heteroatoms. The van der Waals surface area contributed by atoms with Crippen LogP contribution in [-0.4, -0.2) is 42.6 Å². The van der Waals surface area contributed by atoms with E-state index in [0.29, 0.717) is 22.9 Å². The number of hydrogen-bond donors (Lipinski definition) is 2. The first kappa shape index (κ1) is 16.6. The molecule has 1 amide bonds. The zero-order valence-electron chi connectivity index (χ0n) is 13.8. The Morgan fingerprint density at radius 3 is 2.17 bits per heavy atom. The van der Waals surface area contributed by atoms with Crippen molar-refractivity contribution in [3.05, 3.63) is 29.1 Å². The van der Waals surface area contributed by atoms with Gasteiger partial charge in [-0.15, -0.1) is 0 Å². The van der Waals surface area contributed by atoms with Crippen LogP contribution in [0.1, 0.15) is 34.7 Å². The molecule has 2 rings (SSSR count). The topological polar surface area (TPSA) is 98.4 Å². The molecule has 0 saturated carbocycles. The number of aromatic nitrogens is 3. The predicted molar refractivity (Wildman–Crippen MR) is 83.1 cm³/mol. The molecule has 124 valence electrons. The second-order valence-electron chi connectivity index (χ2n) is 4.91. The number of hydrogen-bond acceptors (Lipinski definition) is 6. The fourth-order valence-electron chi connectivity index (χ4n) is 2.20. The van der Waals surface area contributed by atoms with Crippen molar-refractivity contribution in [2.75, 3.05) is 21.3 Å². The van der Waals surface area contributed by atoms with Gasteiger partial charge >= 0.3 is 0 Å². The van der Waals surface area contributed by atoms with Crippen LogP contribution >= 0.6 is 0 Å². The van der Waals surface area contributed by atoms with Crippen molar-refractivity contribution >= 4 is 5.91 Å². The molecule has 1 aromatic carbocycles. The van der Waals surface area contributed by atoms with E-state index in [2.05, 4.69) is 20.7 Å². The van der Waals surface area contributed by atoms with E-state index < -0.39 is 0 Å². The number of aryl methyl sites for hydroxylation is 1. The molecule has 0 fully saturated rings. The molecule has 0 aliphatic carbocycles. The Morgan fingerprint density at radius 2 is 1.74 bits per heavy atom. The lowest BCUT2D eigenvalue weighted by atomic mass is 10.1. The summed E-state index contributed by atoms with van der Waals surface area (Å²) in [5.74, 6) is 1.25. The number of rotatable bonds is 6. The van der Waals surface area contributed by atoms with Gasteiger partial charge in [0.2, 0.25) is 5.75 Å². The van der Waals surface area contributed by atoms with Gasteiger partial charge in [-0.3, -0.25) is 4.79 Å². The molecule has 0 unspecified atom stereocenters. The summed E-state index contributed by atoms with van der Waals surface area (Å²) in [6.07, 6.45) is 0. The minimum atomic E-state index is -0.308. The maximum atomic E-state index is 12.2. The maximum Gasteiger partial charge on any atom is 0.274 e. The number of nitrogens with zero attached hydrogens (tertiary/aromatic N) is 2. The minimum Gasteiger partial charge on any atom is -0.493 e. The molecule has 0 radical (unpaired) electrons. The molecule has 2 N–H and O–H groups in total. The zero-order chi connectivity index (χ0) is 17.0. The monoisotopic (exact) mass is 320 g/mol. The molecule has 1 atom stereocenters. The van der Waals surface area contributed by atoms with E-state index in [-0.39, 0.29) is 17.6 Å². The number of nitrogens with one attached hydrogen (secondary N) is 2. The standard InChI is InChI=1S/C15H20N4O4/c1-8(16-15(20)13-9(2)17-19-18-13)10-6-11(21-3)14(23-5)12(7-10)22-4/h6-8H,1-5H3,(H,16,20)(H,17,18,19)/t8-/m1/s1. The Morgan fingerprint density at radius 1 is 1.13 bits per heavy atom. The Bertz CT molecular complexity index is 674. The third kappa shape index (κ3) is 3.36. The molecule has 2 aromatic rings. The third-order valence-corrected chi connectivity index (χ3v) is 3.47. The van der Waals surface area contributed by atoms with Crippen LogP contribution in [0.2, 0.25) is 0 Å². The van der Waals surface area contributed by atoms with Gasteiger partial charge in [-0.2, -0.15) is 15.4 Å². The fourth-order valence-corrected chi connectivity index (χ4v) is 2.20. The van der Waals surface area contributed by atoms with Crippen LogP contribution in [-0.2, 0) is 0 Å². The van der Waals surface area contributed by atoms with Gasteiger partial charge < -0.3 is 19.5 Å². The molecular weight excluding hydrogens is 300 g/mol. The van der Waals surface area contributed by atoms with Crippen LogP contribution in [0.4, 0.5) is 0 Å². The first-order chi connectivity index (χ1) is 11.0. The molecule has 0 spiro atoms. The predicted octanol–water partition coefficient (Wildman–Crippen LogP) is 1.63. The third-order valence-electron chi connectivity index (χ3n) is 3.47. The second kappa shape index (κ2) is 6.99. The molecule has 8 nitrogen and oxygen atoms in total. The summed E-state index contributed by atoms with van der Waals surface area (Å²) in [5.41, 5.74) is 1.62. The molecular formula is C15H20N4O4. The summed E-state index contributed by atoms with van der Waals surface area (Å²) in [6, 6.07) is 3.30. The quantitative estimate of drug-likeness (QED) is 0.839. The van der Waals surface area contributed by atoms with Gasteiger partial charge in [0.1, 0.15) is 0 Å². The average Bonchev–Trinajstić information content (AvgIpc) is 2.99. The lowest BCUT2D eigenvalue weighted by Crippen LogP contribution is -2.27. The smallest absolute Gasteiger partial charge is 0.274 e. The summed E-state index contributed by atoms with van der Waals surface area (Å²) >= 11 is 0. The first-order valence-electron chi connectivity index (χ1n) is 7.00. The van der Waals surface area contributed by atoms with Crippen LogP contribution in [0, 0.1) is 6.92 Å². The van der Waals surface area contributed by atoms with Gasteiger partial charge in [0.15, 0.2) is 17.2 Å². The van der Waals surface area contributed by atoms with Crippen LogP contribution in [0.3, 0.4) is 0 Å². The number of ether oxygens (including phenoxy) is 3. The average molecular weight is 320 g/mol. The molecule has 1 heterocycles. The normalized spacial score (nSPS) is 11.7. The van der Waals surface area contributed by atoms with Crippen LogP contribution in [0.25, 0.3) is 0 Å². The van der Waals surface area contributed by atoms with E-state index in [0.717, 1.165) is 5.56 Å². The summed E-state index contributed by atoms with van der Waals surface area (Å²) in [4.78, 5) is 12.2. The van der Waals surface area contributed by atoms with Gasteiger partial charge in [0, 0.05) is 0 Å². The van der Waals surface area contributed by atoms with Crippen LogP contribution in [0.5, 0.6) is 17.2 Å². The minimum absolute atomic E-state index is 0.268. The highest BCUT2D eigenvalue weighted by molar-refractivity contribution is 5.93. The number of aromatic amines is 1. The second-order valence-corrected chi connectivity index (χ2v) is 4.91. The van der Waals surface area contributed by atoms with Gasteiger partial charge in [-0.25, -0.2) is 0 Å². The van der Waals surface area contributed by atoms with Crippen molar-refractivity contribution in [2.24, 2.45) is 0 Å². The first-order valence-corrected chi connectivity index (χ1v) is 7.00. The van der Waals surface area contributed by atoms with E-state index >= 15 is 0 Å². The van der Waals surface area contributed by atoms with E-state index in [9.17, 15) is 4.79 Å². The van der Waals surface area contributed by atoms with Gasteiger partial charge in [0.05, 0.1) is 33.1 Å². The summed E-state index contributed by atoms with van der Waals surface area (Å²) < 4.78 is 15.9. The number of amides is 1. The molecule has 0 aliphatic rings. The Labute approximate surface area is 134 Å². The van der Waals surface area contributed by atoms with Crippen molar-refractivity contribution in [1.82, 2.24) is 20.7 Å². The Balaban J connectivity index is 2.27. The van der Waals surface area contributed by atoms with Gasteiger partial charge in [0.25, 0.3) is 5.91 Å². The lowest BCUT2D eigenvalue weighted by molar-refractivity contribution is 0.0934. The van der Waals surface area contributed by atoms with Crippen LogP contribution < -0.4 is 19.5 Å². The largest absolute Gasteiger partial charge is 0.493 e. The number of H-pyrrole nitrogens is 1. The van der Waals surface area contributed by atoms with Gasteiger partial charge in [-0.1, -0.05) is 0 Å². The fraction of sp³-hybridized carbons (Fsp3) is 0.400. The molecule has 0 saturated heterocycles. The maximum absolute atomic E-state index is 12.2. The van der Waals surface area contributed by atoms with E-state index in [1.165, 1.54) is 0 Å². The SMILES string of the molecule is COc1cc([C@@H](C)NC(=O)c2n[nH]nc2C)cc(OC)c1OC. The summed E-state index contributed by atoms with van der Waals surface area (Å²) in [7, 11) is 4.63. The van der Waals surface area contributed by atoms with E-state index in [1.54, 1.807) is 40.4 Å². The highest BCUT2D eigenvalue weighted by Crippen LogP contribution is 2.39. The Hall–Kier alpha value is -2.77. The van der Waals surface area contributed by atoms with Crippen molar-refractivity contribution in [2.45, 2.75) is 19.9 Å². The van der Waals surface area contributed by atoms with Gasteiger partial charge in [-0.05, 0) is 31.5 Å². The summed E-state index contributed by atoms with van der Waals surface area (Å²) in [5, 5.41) is 13.0. The lowest BCUT2D eigenvalue weighted by Gasteiger charge is -2.18. The van der Waals surface area contributed by atoms with Crippen molar-refractivity contribution < 1.29 is 19.0 Å². The molecule has 0 bridgehead atoms. The van der Waals surface area contributed by atoms with Crippen molar-refractivity contribution in [1.29, 1.82) is 0 Å². The zero-order valence-corrected chi connectivity index (χ0v) is 13.8. The number of methoxy groups -OCH3 is 3. The number of benzene rings is 1. The molecule has 1 aromatic heterocycles. The highest BCUT2D eigenvalue weighted by Gasteiger charge is 2.20. The van der Waals surface area contributed by atoms with Crippen molar-refractivity contribution in [3.8, 4) is 17.2 Å². The molecule has 23 heavy (non-hydrogen) atoms. The molecule has 0 aliphatic heterocycles. The summed E-state index contributed by atoms with van der Waals surface area (Å²) in [6.45, 7) is 3.57. The highest BCUT2D eigenvalue weighted by atomic mass is 16.5. The number of carbonyl (C=O) groups excluding carboxylic acids is 1. The van der Waals surface area contributed by atoms with Crippen LogP contribution in [0.15, 0.2) is 12.1 Å². The van der Waals surface area contributed by atoms with E-state index in [4.69, 9.17) is 14.2 Å². The Kier molecular flexibility index (Phi) is 5.05. The van der Waals surface area contributed by atoms with Crippen molar-refractivity contribution in [3.63, 3.8) is 0 Å². The van der Waals surface area contributed by atoms with E-state index in [1.807, 2.05) is 6.92 Å².